The molecule has 1 N–H and O–H groups in total. The number of carbonyl (C=O) groups is 2. The third kappa shape index (κ3) is 2.71. The molecule has 0 unspecified atom stereocenters. The van der Waals surface area contributed by atoms with Gasteiger partial charge in [-0.05, 0) is 55.7 Å². The molecule has 1 saturated heterocycles. The Morgan fingerprint density at radius 3 is 2.15 bits per heavy atom. The quantitative estimate of drug-likeness (QED) is 0.530. The lowest BCUT2D eigenvalue weighted by molar-refractivity contribution is -0.123. The average Bonchev–Trinajstić information content (AvgIpc) is 3.54. The molecule has 2 bridgehead atoms. The molecule has 2 aliphatic heterocycles. The number of H-pyrrole nitrogens is 1. The van der Waals surface area contributed by atoms with E-state index in [0.717, 1.165) is 21.9 Å². The summed E-state index contributed by atoms with van der Waals surface area (Å²) in [6, 6.07) is 16.3. The van der Waals surface area contributed by atoms with Crippen LogP contribution in [0.25, 0.3) is 0 Å². The van der Waals surface area contributed by atoms with Gasteiger partial charge in [0.05, 0.1) is 22.5 Å². The van der Waals surface area contributed by atoms with Crippen molar-refractivity contribution in [3.05, 3.63) is 79.8 Å². The number of carbonyl (C=O) groups excluding carboxylic acids is 2. The molecule has 3 heterocycles. The Hall–Kier alpha value is -2.64. The number of rotatable bonds is 2. The Balaban J connectivity index is 1.32. The van der Waals surface area contributed by atoms with Gasteiger partial charge in [-0.1, -0.05) is 58.9 Å². The van der Waals surface area contributed by atoms with Crippen LogP contribution >= 0.6 is 23.1 Å². The lowest BCUT2D eigenvalue weighted by Crippen LogP contribution is -2.42. The van der Waals surface area contributed by atoms with Crippen molar-refractivity contribution >= 4 is 40.6 Å². The van der Waals surface area contributed by atoms with Crippen molar-refractivity contribution in [3.63, 3.8) is 0 Å². The van der Waals surface area contributed by atoms with Crippen molar-refractivity contribution in [3.8, 4) is 0 Å². The van der Waals surface area contributed by atoms with E-state index in [0.29, 0.717) is 5.69 Å². The Morgan fingerprint density at radius 1 is 0.853 bits per heavy atom. The minimum Gasteiger partial charge on any atom is -0.307 e. The fourth-order valence-electron chi connectivity index (χ4n) is 7.11. The number of nitrogens with one attached hydrogen (secondary N) is 1. The first-order valence-electron chi connectivity index (χ1n) is 11.8. The number of thiazole rings is 1. The molecule has 2 amide bonds. The van der Waals surface area contributed by atoms with E-state index in [1.807, 2.05) is 31.2 Å². The summed E-state index contributed by atoms with van der Waals surface area (Å²) in [5.74, 6) is 0.0412. The maximum Gasteiger partial charge on any atom is 0.305 e. The first kappa shape index (κ1) is 20.7. The van der Waals surface area contributed by atoms with Crippen LogP contribution in [0.5, 0.6) is 0 Å². The molecular formula is C27H24N2O3S2. The van der Waals surface area contributed by atoms with Gasteiger partial charge >= 0.3 is 4.87 Å². The minimum atomic E-state index is -0.259. The number of aromatic nitrogens is 1. The van der Waals surface area contributed by atoms with Gasteiger partial charge in [0, 0.05) is 16.0 Å². The largest absolute Gasteiger partial charge is 0.307 e. The number of hydrogen-bond acceptors (Lipinski definition) is 5. The van der Waals surface area contributed by atoms with Crippen molar-refractivity contribution in [2.45, 2.75) is 36.5 Å². The van der Waals surface area contributed by atoms with Gasteiger partial charge in [0.1, 0.15) is 0 Å². The summed E-state index contributed by atoms with van der Waals surface area (Å²) in [7, 11) is 0. The molecule has 0 radical (unpaired) electrons. The first-order chi connectivity index (χ1) is 16.4. The van der Waals surface area contributed by atoms with Crippen molar-refractivity contribution in [2.75, 3.05) is 4.90 Å². The molecule has 2 aromatic carbocycles. The van der Waals surface area contributed by atoms with Crippen LogP contribution in [0.1, 0.15) is 33.9 Å². The molecule has 7 rings (SSSR count). The smallest absolute Gasteiger partial charge is 0.305 e. The highest BCUT2D eigenvalue weighted by molar-refractivity contribution is 8.00. The van der Waals surface area contributed by atoms with E-state index in [-0.39, 0.29) is 57.4 Å². The van der Waals surface area contributed by atoms with Crippen LogP contribution in [0.4, 0.5) is 5.69 Å². The summed E-state index contributed by atoms with van der Waals surface area (Å²) in [6.45, 7) is 4.08. The second kappa shape index (κ2) is 7.18. The van der Waals surface area contributed by atoms with Gasteiger partial charge in [0.2, 0.25) is 11.8 Å². The Kier molecular flexibility index (Phi) is 4.38. The number of aromatic amines is 1. The lowest BCUT2D eigenvalue weighted by atomic mass is 9.68. The number of hydrogen-bond donors (Lipinski definition) is 1. The molecule has 4 aliphatic rings. The Bertz CT molecular complexity index is 1390. The van der Waals surface area contributed by atoms with Gasteiger partial charge in [-0.25, -0.2) is 0 Å². The van der Waals surface area contributed by atoms with Crippen molar-refractivity contribution in [1.29, 1.82) is 0 Å². The molecule has 3 fully saturated rings. The maximum absolute atomic E-state index is 13.7. The molecule has 2 aliphatic carbocycles. The van der Waals surface area contributed by atoms with E-state index < -0.39 is 0 Å². The van der Waals surface area contributed by atoms with E-state index in [4.69, 9.17) is 0 Å². The molecule has 172 valence electrons. The maximum atomic E-state index is 13.7. The number of fused-ring (bicyclic) bond motifs is 9. The molecular weight excluding hydrogens is 464 g/mol. The number of anilines is 1. The van der Waals surface area contributed by atoms with Crippen LogP contribution in [-0.4, -0.2) is 22.0 Å². The predicted molar refractivity (Wildman–Crippen MR) is 133 cm³/mol. The van der Waals surface area contributed by atoms with Gasteiger partial charge in [-0.3, -0.25) is 19.3 Å². The van der Waals surface area contributed by atoms with E-state index in [9.17, 15) is 14.4 Å². The van der Waals surface area contributed by atoms with Gasteiger partial charge in [0.15, 0.2) is 0 Å². The molecule has 2 saturated carbocycles. The SMILES string of the molecule is Cc1ccc([C@@H]2c3sc(=O)[nH]c3S[C@H]3[C@@H]4C[C@H]([C@H]5C(=O)N(c6ccc(C)cc6)C(=O)[C@H]45)[C@H]23)cc1. The van der Waals surface area contributed by atoms with E-state index in [2.05, 4.69) is 36.2 Å². The third-order valence-corrected chi connectivity index (χ3v) is 11.0. The molecule has 7 atom stereocenters. The zero-order valence-corrected chi connectivity index (χ0v) is 20.5. The lowest BCUT2D eigenvalue weighted by Gasteiger charge is -2.43. The van der Waals surface area contributed by atoms with Crippen LogP contribution < -0.4 is 9.77 Å². The van der Waals surface area contributed by atoms with E-state index in [1.165, 1.54) is 27.4 Å². The fourth-order valence-corrected chi connectivity index (χ4v) is 10.0. The Morgan fingerprint density at radius 2 is 1.47 bits per heavy atom. The number of aryl methyl sites for hydroxylation is 2. The fraction of sp³-hybridized carbons (Fsp3) is 0.370. The van der Waals surface area contributed by atoms with Crippen molar-refractivity contribution in [2.24, 2.45) is 29.6 Å². The predicted octanol–water partition coefficient (Wildman–Crippen LogP) is 4.73. The van der Waals surface area contributed by atoms with Crippen molar-refractivity contribution < 1.29 is 9.59 Å². The number of amides is 2. The zero-order valence-electron chi connectivity index (χ0n) is 18.9. The number of benzene rings is 2. The van der Waals surface area contributed by atoms with Gasteiger partial charge in [-0.15, -0.1) is 11.8 Å². The van der Waals surface area contributed by atoms with E-state index in [1.54, 1.807) is 11.8 Å². The van der Waals surface area contributed by atoms with Gasteiger partial charge in [-0.2, -0.15) is 0 Å². The summed E-state index contributed by atoms with van der Waals surface area (Å²) in [5, 5.41) is 1.18. The normalized spacial score (nSPS) is 33.2. The second-order valence-corrected chi connectivity index (χ2v) is 12.4. The van der Waals surface area contributed by atoms with Crippen molar-refractivity contribution in [1.82, 2.24) is 4.98 Å². The summed E-state index contributed by atoms with van der Waals surface area (Å²) in [6.07, 6.45) is 0.915. The molecule has 1 aromatic heterocycles. The topological polar surface area (TPSA) is 70.2 Å². The Labute approximate surface area is 205 Å². The molecule has 34 heavy (non-hydrogen) atoms. The molecule has 3 aromatic rings. The zero-order chi connectivity index (χ0) is 23.3. The van der Waals surface area contributed by atoms with Crippen LogP contribution in [-0.2, 0) is 9.59 Å². The first-order valence-corrected chi connectivity index (χ1v) is 13.5. The monoisotopic (exact) mass is 488 g/mol. The van der Waals surface area contributed by atoms with Gasteiger partial charge < -0.3 is 4.98 Å². The number of imide groups is 1. The molecule has 7 heteroatoms. The third-order valence-electron chi connectivity index (χ3n) is 8.45. The summed E-state index contributed by atoms with van der Waals surface area (Å²) in [4.78, 5) is 45.3. The number of thioether (sulfide) groups is 1. The summed E-state index contributed by atoms with van der Waals surface area (Å²) < 4.78 is 0. The van der Waals surface area contributed by atoms with Crippen LogP contribution in [0.2, 0.25) is 0 Å². The minimum absolute atomic E-state index is 0.0279. The number of nitrogens with zero attached hydrogens (tertiary/aromatic N) is 1. The molecule has 5 nitrogen and oxygen atoms in total. The highest BCUT2D eigenvalue weighted by atomic mass is 32.2. The average molecular weight is 489 g/mol. The highest BCUT2D eigenvalue weighted by Crippen LogP contribution is 2.68. The summed E-state index contributed by atoms with van der Waals surface area (Å²) >= 11 is 3.04. The van der Waals surface area contributed by atoms with Gasteiger partial charge in [0.25, 0.3) is 0 Å². The van der Waals surface area contributed by atoms with Crippen LogP contribution in [0.3, 0.4) is 0 Å². The second-order valence-electron chi connectivity index (χ2n) is 10.2. The van der Waals surface area contributed by atoms with Crippen LogP contribution in [0.15, 0.2) is 58.4 Å². The van der Waals surface area contributed by atoms with E-state index >= 15 is 0 Å². The highest BCUT2D eigenvalue weighted by Gasteiger charge is 2.69. The summed E-state index contributed by atoms with van der Waals surface area (Å²) in [5.41, 5.74) is 4.19. The molecule has 0 spiro atoms. The van der Waals surface area contributed by atoms with Crippen LogP contribution in [0, 0.1) is 43.4 Å². The standard InChI is InChI=1S/C27H24N2O3S2/c1-12-3-7-14(8-4-12)18-19-16-11-17(22(19)33-24-23(18)34-27(32)28-24)21-20(16)25(30)29(26(21)31)15-9-5-13(2)6-10-15/h3-10,16-22H,11H2,1-2H3,(H,28,32)/t16-,17+,18-,19+,20+,21+,22-/m0/s1.